The SMILES string of the molecule is CCCCCCCCn1cc(C=O)c(C(F)(F)F)n1. The third-order valence-corrected chi connectivity index (χ3v) is 2.93. The second-order valence-corrected chi connectivity index (χ2v) is 4.58. The predicted octanol–water partition coefficient (Wildman–Crippen LogP) is 4.07. The van der Waals surface area contributed by atoms with Crippen molar-refractivity contribution in [2.75, 3.05) is 0 Å². The highest BCUT2D eigenvalue weighted by Crippen LogP contribution is 2.29. The summed E-state index contributed by atoms with van der Waals surface area (Å²) in [6, 6.07) is 0. The van der Waals surface area contributed by atoms with Crippen LogP contribution >= 0.6 is 0 Å². The summed E-state index contributed by atoms with van der Waals surface area (Å²) in [6.45, 7) is 2.55. The van der Waals surface area contributed by atoms with Crippen molar-refractivity contribution < 1.29 is 18.0 Å². The van der Waals surface area contributed by atoms with Crippen molar-refractivity contribution in [1.82, 2.24) is 9.78 Å². The molecule has 0 aliphatic rings. The molecule has 0 atom stereocenters. The van der Waals surface area contributed by atoms with Crippen LogP contribution in [0.15, 0.2) is 6.20 Å². The molecule has 0 saturated carbocycles. The number of carbonyl (C=O) groups excluding carboxylic acids is 1. The van der Waals surface area contributed by atoms with Crippen LogP contribution in [0.5, 0.6) is 0 Å². The first-order valence-corrected chi connectivity index (χ1v) is 6.59. The number of rotatable bonds is 8. The molecule has 0 amide bonds. The minimum atomic E-state index is -4.57. The Hall–Kier alpha value is -1.33. The second kappa shape index (κ2) is 7.31. The molecule has 1 rings (SSSR count). The van der Waals surface area contributed by atoms with E-state index in [-0.39, 0.29) is 6.29 Å². The number of nitrogens with zero attached hydrogens (tertiary/aromatic N) is 2. The summed E-state index contributed by atoms with van der Waals surface area (Å²) < 4.78 is 38.8. The average molecular weight is 276 g/mol. The molecule has 0 aliphatic heterocycles. The first-order chi connectivity index (χ1) is 8.99. The molecular formula is C13H19F3N2O. The Balaban J connectivity index is 2.47. The number of aromatic nitrogens is 2. The largest absolute Gasteiger partial charge is 0.435 e. The van der Waals surface area contributed by atoms with Gasteiger partial charge in [-0.15, -0.1) is 0 Å². The zero-order valence-electron chi connectivity index (χ0n) is 11.0. The Morgan fingerprint density at radius 1 is 1.21 bits per heavy atom. The Morgan fingerprint density at radius 3 is 2.37 bits per heavy atom. The van der Waals surface area contributed by atoms with Gasteiger partial charge in [-0.2, -0.15) is 18.3 Å². The normalized spacial score (nSPS) is 11.8. The lowest BCUT2D eigenvalue weighted by molar-refractivity contribution is -0.141. The molecule has 0 spiro atoms. The van der Waals surface area contributed by atoms with E-state index in [0.717, 1.165) is 32.1 Å². The van der Waals surface area contributed by atoms with Crippen LogP contribution in [0.4, 0.5) is 13.2 Å². The van der Waals surface area contributed by atoms with E-state index in [2.05, 4.69) is 12.0 Å². The van der Waals surface area contributed by atoms with Crippen molar-refractivity contribution in [3.63, 3.8) is 0 Å². The monoisotopic (exact) mass is 276 g/mol. The van der Waals surface area contributed by atoms with Gasteiger partial charge in [0.2, 0.25) is 0 Å². The zero-order chi connectivity index (χ0) is 14.3. The number of halogens is 3. The van der Waals surface area contributed by atoms with Crippen molar-refractivity contribution >= 4 is 6.29 Å². The van der Waals surface area contributed by atoms with Crippen LogP contribution in [0.2, 0.25) is 0 Å². The summed E-state index contributed by atoms with van der Waals surface area (Å²) in [7, 11) is 0. The Morgan fingerprint density at radius 2 is 1.84 bits per heavy atom. The molecule has 0 radical (unpaired) electrons. The molecule has 0 aliphatic carbocycles. The van der Waals surface area contributed by atoms with Gasteiger partial charge in [0.25, 0.3) is 0 Å². The van der Waals surface area contributed by atoms with Gasteiger partial charge in [0.15, 0.2) is 12.0 Å². The van der Waals surface area contributed by atoms with Gasteiger partial charge < -0.3 is 0 Å². The Labute approximate surface area is 110 Å². The van der Waals surface area contributed by atoms with Crippen LogP contribution in [-0.2, 0) is 12.7 Å². The minimum Gasteiger partial charge on any atom is -0.298 e. The highest BCUT2D eigenvalue weighted by Gasteiger charge is 2.37. The quantitative estimate of drug-likeness (QED) is 0.530. The summed E-state index contributed by atoms with van der Waals surface area (Å²) in [5.74, 6) is 0. The fourth-order valence-corrected chi connectivity index (χ4v) is 1.91. The van der Waals surface area contributed by atoms with Gasteiger partial charge in [0.1, 0.15) is 0 Å². The first kappa shape index (κ1) is 15.7. The van der Waals surface area contributed by atoms with Gasteiger partial charge in [0.05, 0.1) is 5.56 Å². The summed E-state index contributed by atoms with van der Waals surface area (Å²) >= 11 is 0. The Kier molecular flexibility index (Phi) is 6.05. The number of aryl methyl sites for hydroxylation is 1. The van der Waals surface area contributed by atoms with Crippen LogP contribution in [0.25, 0.3) is 0 Å². The maximum Gasteiger partial charge on any atom is 0.435 e. The van der Waals surface area contributed by atoms with Crippen LogP contribution in [-0.4, -0.2) is 16.1 Å². The van der Waals surface area contributed by atoms with Crippen molar-refractivity contribution in [2.45, 2.75) is 58.2 Å². The number of aldehydes is 1. The fourth-order valence-electron chi connectivity index (χ4n) is 1.91. The van der Waals surface area contributed by atoms with Crippen LogP contribution < -0.4 is 0 Å². The molecule has 0 fully saturated rings. The first-order valence-electron chi connectivity index (χ1n) is 6.59. The summed E-state index contributed by atoms with van der Waals surface area (Å²) in [5.41, 5.74) is -1.48. The van der Waals surface area contributed by atoms with Crippen molar-refractivity contribution in [3.05, 3.63) is 17.5 Å². The van der Waals surface area contributed by atoms with E-state index in [1.807, 2.05) is 0 Å². The number of alkyl halides is 3. The van der Waals surface area contributed by atoms with E-state index < -0.39 is 17.4 Å². The van der Waals surface area contributed by atoms with Gasteiger partial charge in [0, 0.05) is 12.7 Å². The maximum absolute atomic E-state index is 12.5. The molecule has 0 saturated heterocycles. The van der Waals surface area contributed by atoms with Gasteiger partial charge in [-0.05, 0) is 6.42 Å². The number of hydrogen-bond acceptors (Lipinski definition) is 2. The highest BCUT2D eigenvalue weighted by molar-refractivity contribution is 5.76. The van der Waals surface area contributed by atoms with E-state index in [4.69, 9.17) is 0 Å². The maximum atomic E-state index is 12.5. The summed E-state index contributed by atoms with van der Waals surface area (Å²) in [6.07, 6.45) is 3.15. The van der Waals surface area contributed by atoms with Crippen molar-refractivity contribution in [3.8, 4) is 0 Å². The number of hydrogen-bond donors (Lipinski definition) is 0. The average Bonchev–Trinajstić information content (AvgIpc) is 2.77. The van der Waals surface area contributed by atoms with Crippen molar-refractivity contribution in [1.29, 1.82) is 0 Å². The topological polar surface area (TPSA) is 34.9 Å². The van der Waals surface area contributed by atoms with Gasteiger partial charge in [-0.25, -0.2) is 0 Å². The van der Waals surface area contributed by atoms with E-state index in [9.17, 15) is 18.0 Å². The standard InChI is InChI=1S/C13H19F3N2O/c1-2-3-4-5-6-7-8-18-9-11(10-19)12(17-18)13(14,15)16/h9-10H,2-8H2,1H3. The molecule has 3 nitrogen and oxygen atoms in total. The third-order valence-electron chi connectivity index (χ3n) is 2.93. The molecule has 108 valence electrons. The molecule has 0 unspecified atom stereocenters. The lowest BCUT2D eigenvalue weighted by atomic mass is 10.1. The van der Waals surface area contributed by atoms with Crippen molar-refractivity contribution in [2.24, 2.45) is 0 Å². The van der Waals surface area contributed by atoms with Crippen LogP contribution in [0, 0.1) is 0 Å². The van der Waals surface area contributed by atoms with Gasteiger partial charge in [-0.3, -0.25) is 9.48 Å². The van der Waals surface area contributed by atoms with Gasteiger partial charge in [-0.1, -0.05) is 39.0 Å². The predicted molar refractivity (Wildman–Crippen MR) is 66.0 cm³/mol. The van der Waals surface area contributed by atoms with E-state index >= 15 is 0 Å². The second-order valence-electron chi connectivity index (χ2n) is 4.58. The summed E-state index contributed by atoms with van der Waals surface area (Å²) in [4.78, 5) is 10.6. The lowest BCUT2D eigenvalue weighted by Gasteiger charge is -2.03. The highest BCUT2D eigenvalue weighted by atomic mass is 19.4. The van der Waals surface area contributed by atoms with Gasteiger partial charge >= 0.3 is 6.18 Å². The molecule has 1 heterocycles. The molecule has 19 heavy (non-hydrogen) atoms. The number of carbonyl (C=O) groups is 1. The molecule has 0 N–H and O–H groups in total. The number of unbranched alkanes of at least 4 members (excludes halogenated alkanes) is 5. The lowest BCUT2D eigenvalue weighted by Crippen LogP contribution is -2.10. The van der Waals surface area contributed by atoms with E-state index in [1.165, 1.54) is 17.3 Å². The smallest absolute Gasteiger partial charge is 0.298 e. The molecule has 0 aromatic carbocycles. The molecular weight excluding hydrogens is 257 g/mol. The Bertz CT molecular complexity index is 399. The van der Waals surface area contributed by atoms with Crippen LogP contribution in [0.3, 0.4) is 0 Å². The fraction of sp³-hybridized carbons (Fsp3) is 0.692. The minimum absolute atomic E-state index is 0.202. The zero-order valence-corrected chi connectivity index (χ0v) is 11.0. The summed E-state index contributed by atoms with van der Waals surface area (Å²) in [5, 5.41) is 3.45. The molecule has 1 aromatic heterocycles. The molecule has 6 heteroatoms. The van der Waals surface area contributed by atoms with E-state index in [1.54, 1.807) is 0 Å². The van der Waals surface area contributed by atoms with Crippen LogP contribution in [0.1, 0.15) is 61.5 Å². The molecule has 1 aromatic rings. The molecule has 0 bridgehead atoms. The third kappa shape index (κ3) is 5.04. The van der Waals surface area contributed by atoms with E-state index in [0.29, 0.717) is 6.54 Å².